The Labute approximate surface area is 119 Å². The highest BCUT2D eigenvalue weighted by molar-refractivity contribution is 5.43. The third-order valence-electron chi connectivity index (χ3n) is 3.74. The molecule has 1 aliphatic rings. The molecule has 3 rings (SSSR count). The average Bonchev–Trinajstić information content (AvgIpc) is 2.90. The maximum Gasteiger partial charge on any atom is 0.123 e. The Morgan fingerprint density at radius 3 is 2.55 bits per heavy atom. The molecule has 1 N–H and O–H groups in total. The lowest BCUT2D eigenvalue weighted by Gasteiger charge is -2.17. The molecule has 1 saturated heterocycles. The zero-order valence-corrected chi connectivity index (χ0v) is 11.4. The van der Waals surface area contributed by atoms with Crippen molar-refractivity contribution in [1.82, 2.24) is 4.90 Å². The van der Waals surface area contributed by atoms with E-state index in [0.29, 0.717) is 6.04 Å². The van der Waals surface area contributed by atoms with Gasteiger partial charge in [-0.15, -0.1) is 0 Å². The van der Waals surface area contributed by atoms with E-state index in [1.54, 1.807) is 0 Å². The number of halogens is 1. The van der Waals surface area contributed by atoms with Crippen LogP contribution >= 0.6 is 0 Å². The summed E-state index contributed by atoms with van der Waals surface area (Å²) in [6.45, 7) is 3.02. The van der Waals surface area contributed by atoms with Gasteiger partial charge in [-0.05, 0) is 36.2 Å². The molecule has 2 aromatic rings. The zero-order valence-electron chi connectivity index (χ0n) is 11.4. The van der Waals surface area contributed by atoms with Crippen molar-refractivity contribution in [3.63, 3.8) is 0 Å². The number of anilines is 1. The van der Waals surface area contributed by atoms with Gasteiger partial charge in [-0.3, -0.25) is 4.90 Å². The van der Waals surface area contributed by atoms with Gasteiger partial charge in [0.2, 0.25) is 0 Å². The number of rotatable bonds is 4. The first-order valence-electron chi connectivity index (χ1n) is 7.08. The Morgan fingerprint density at radius 1 is 1.05 bits per heavy atom. The molecule has 104 valence electrons. The third-order valence-corrected chi connectivity index (χ3v) is 3.74. The van der Waals surface area contributed by atoms with Crippen LogP contribution in [0.2, 0.25) is 0 Å². The molecular formula is C17H19FN2. The zero-order chi connectivity index (χ0) is 13.8. The summed E-state index contributed by atoms with van der Waals surface area (Å²) in [6, 6.07) is 17.6. The van der Waals surface area contributed by atoms with E-state index in [1.165, 1.54) is 23.4 Å². The second-order valence-corrected chi connectivity index (χ2v) is 5.36. The summed E-state index contributed by atoms with van der Waals surface area (Å²) in [5, 5.41) is 3.56. The molecule has 0 aromatic heterocycles. The van der Waals surface area contributed by atoms with E-state index >= 15 is 0 Å². The van der Waals surface area contributed by atoms with Crippen LogP contribution in [-0.2, 0) is 6.54 Å². The predicted octanol–water partition coefficient (Wildman–Crippen LogP) is 3.51. The van der Waals surface area contributed by atoms with Gasteiger partial charge in [0, 0.05) is 31.4 Å². The van der Waals surface area contributed by atoms with Gasteiger partial charge in [0.15, 0.2) is 0 Å². The summed E-state index contributed by atoms with van der Waals surface area (Å²) < 4.78 is 12.9. The monoisotopic (exact) mass is 270 g/mol. The van der Waals surface area contributed by atoms with Crippen LogP contribution in [0, 0.1) is 5.82 Å². The van der Waals surface area contributed by atoms with E-state index in [2.05, 4.69) is 22.3 Å². The van der Waals surface area contributed by atoms with Crippen molar-refractivity contribution in [2.75, 3.05) is 18.4 Å². The minimum atomic E-state index is -0.168. The molecule has 20 heavy (non-hydrogen) atoms. The van der Waals surface area contributed by atoms with Crippen LogP contribution < -0.4 is 5.32 Å². The van der Waals surface area contributed by atoms with Gasteiger partial charge < -0.3 is 5.32 Å². The lowest BCUT2D eigenvalue weighted by Crippen LogP contribution is -2.25. The Bertz CT molecular complexity index is 539. The average molecular weight is 270 g/mol. The molecular weight excluding hydrogens is 251 g/mol. The molecule has 1 fully saturated rings. The summed E-state index contributed by atoms with van der Waals surface area (Å²) in [4.78, 5) is 2.41. The molecule has 2 aromatic carbocycles. The standard InChI is InChI=1S/C17H19FN2/c18-15-8-6-14(7-9-15)12-20-11-10-17(13-20)19-16-4-2-1-3-5-16/h1-9,17,19H,10-13H2. The van der Waals surface area contributed by atoms with Crippen LogP contribution in [0.3, 0.4) is 0 Å². The van der Waals surface area contributed by atoms with E-state index in [1.807, 2.05) is 30.3 Å². The summed E-state index contributed by atoms with van der Waals surface area (Å²) in [5.74, 6) is -0.168. The maximum atomic E-state index is 12.9. The Kier molecular flexibility index (Phi) is 3.97. The number of hydrogen-bond donors (Lipinski definition) is 1. The Hall–Kier alpha value is -1.87. The summed E-state index contributed by atoms with van der Waals surface area (Å²) in [6.07, 6.45) is 1.15. The molecule has 2 nitrogen and oxygen atoms in total. The maximum absolute atomic E-state index is 12.9. The van der Waals surface area contributed by atoms with Gasteiger partial charge in [-0.25, -0.2) is 4.39 Å². The lowest BCUT2D eigenvalue weighted by atomic mass is 10.2. The van der Waals surface area contributed by atoms with Crippen molar-refractivity contribution in [3.05, 3.63) is 66.0 Å². The van der Waals surface area contributed by atoms with Crippen LogP contribution in [0.15, 0.2) is 54.6 Å². The highest BCUT2D eigenvalue weighted by Gasteiger charge is 2.22. The molecule has 0 saturated carbocycles. The van der Waals surface area contributed by atoms with Crippen LogP contribution in [0.1, 0.15) is 12.0 Å². The number of benzene rings is 2. The number of hydrogen-bond acceptors (Lipinski definition) is 2. The van der Waals surface area contributed by atoms with Crippen molar-refractivity contribution in [2.45, 2.75) is 19.0 Å². The fourth-order valence-electron chi connectivity index (χ4n) is 2.71. The SMILES string of the molecule is Fc1ccc(CN2CCC(Nc3ccccc3)C2)cc1. The van der Waals surface area contributed by atoms with Crippen LogP contribution in [0.4, 0.5) is 10.1 Å². The Morgan fingerprint density at radius 2 is 1.80 bits per heavy atom. The predicted molar refractivity (Wildman–Crippen MR) is 80.1 cm³/mol. The number of para-hydroxylation sites is 1. The van der Waals surface area contributed by atoms with Crippen molar-refractivity contribution in [3.8, 4) is 0 Å². The minimum absolute atomic E-state index is 0.168. The topological polar surface area (TPSA) is 15.3 Å². The van der Waals surface area contributed by atoms with Gasteiger partial charge in [-0.2, -0.15) is 0 Å². The van der Waals surface area contributed by atoms with Crippen LogP contribution in [-0.4, -0.2) is 24.0 Å². The Balaban J connectivity index is 1.53. The first-order valence-corrected chi connectivity index (χ1v) is 7.08. The van der Waals surface area contributed by atoms with Gasteiger partial charge in [0.05, 0.1) is 0 Å². The summed E-state index contributed by atoms with van der Waals surface area (Å²) in [7, 11) is 0. The van der Waals surface area contributed by atoms with E-state index in [0.717, 1.165) is 26.1 Å². The fourth-order valence-corrected chi connectivity index (χ4v) is 2.71. The van der Waals surface area contributed by atoms with Crippen molar-refractivity contribution in [1.29, 1.82) is 0 Å². The van der Waals surface area contributed by atoms with Crippen molar-refractivity contribution < 1.29 is 4.39 Å². The molecule has 1 heterocycles. The molecule has 0 radical (unpaired) electrons. The second kappa shape index (κ2) is 6.06. The highest BCUT2D eigenvalue weighted by atomic mass is 19.1. The van der Waals surface area contributed by atoms with E-state index in [-0.39, 0.29) is 5.82 Å². The van der Waals surface area contributed by atoms with E-state index in [9.17, 15) is 4.39 Å². The molecule has 0 spiro atoms. The third kappa shape index (κ3) is 3.36. The first kappa shape index (κ1) is 13.1. The molecule has 0 bridgehead atoms. The molecule has 1 aliphatic heterocycles. The van der Waals surface area contributed by atoms with E-state index in [4.69, 9.17) is 0 Å². The minimum Gasteiger partial charge on any atom is -0.381 e. The number of likely N-dealkylation sites (tertiary alicyclic amines) is 1. The van der Waals surface area contributed by atoms with Gasteiger partial charge in [-0.1, -0.05) is 30.3 Å². The normalized spacial score (nSPS) is 19.1. The molecule has 3 heteroatoms. The quantitative estimate of drug-likeness (QED) is 0.914. The smallest absolute Gasteiger partial charge is 0.123 e. The summed E-state index contributed by atoms with van der Waals surface area (Å²) >= 11 is 0. The van der Waals surface area contributed by atoms with Crippen molar-refractivity contribution in [2.24, 2.45) is 0 Å². The first-order chi connectivity index (χ1) is 9.79. The fraction of sp³-hybridized carbons (Fsp3) is 0.294. The van der Waals surface area contributed by atoms with Gasteiger partial charge in [0.25, 0.3) is 0 Å². The number of nitrogens with zero attached hydrogens (tertiary/aromatic N) is 1. The summed E-state index contributed by atoms with van der Waals surface area (Å²) in [5.41, 5.74) is 2.35. The molecule has 0 aliphatic carbocycles. The van der Waals surface area contributed by atoms with E-state index < -0.39 is 0 Å². The molecule has 1 atom stereocenters. The highest BCUT2D eigenvalue weighted by Crippen LogP contribution is 2.17. The van der Waals surface area contributed by atoms with Gasteiger partial charge in [0.1, 0.15) is 5.82 Å². The lowest BCUT2D eigenvalue weighted by molar-refractivity contribution is 0.328. The van der Waals surface area contributed by atoms with Crippen molar-refractivity contribution >= 4 is 5.69 Å². The molecule has 1 unspecified atom stereocenters. The van der Waals surface area contributed by atoms with Crippen LogP contribution in [0.5, 0.6) is 0 Å². The second-order valence-electron chi connectivity index (χ2n) is 5.36. The molecule has 0 amide bonds. The van der Waals surface area contributed by atoms with Gasteiger partial charge >= 0.3 is 0 Å². The number of nitrogens with one attached hydrogen (secondary N) is 1. The largest absolute Gasteiger partial charge is 0.381 e. The van der Waals surface area contributed by atoms with Crippen LogP contribution in [0.25, 0.3) is 0 Å².